The second-order valence-electron chi connectivity index (χ2n) is 5.27. The molecule has 1 aromatic carbocycles. The van der Waals surface area contributed by atoms with Gasteiger partial charge in [-0.25, -0.2) is 0 Å². The fourth-order valence-electron chi connectivity index (χ4n) is 2.52. The Kier molecular flexibility index (Phi) is 4.78. The van der Waals surface area contributed by atoms with E-state index in [2.05, 4.69) is 16.4 Å². The van der Waals surface area contributed by atoms with Crippen LogP contribution >= 0.6 is 11.3 Å². The monoisotopic (exact) mass is 349 g/mol. The second-order valence-corrected chi connectivity index (χ2v) is 6.50. The first-order valence-corrected chi connectivity index (χ1v) is 8.35. The van der Waals surface area contributed by atoms with Crippen molar-refractivity contribution in [2.45, 2.75) is 6.92 Å². The SMILES string of the molecule is COc1ccc(-c2c(C)sc(NC(=O)c3cccnc3)c2C#N)cc1. The normalized spacial score (nSPS) is 10.1. The average molecular weight is 349 g/mol. The number of aromatic nitrogens is 1. The van der Waals surface area contributed by atoms with Gasteiger partial charge in [-0.2, -0.15) is 5.26 Å². The van der Waals surface area contributed by atoms with E-state index in [1.807, 2.05) is 31.2 Å². The third-order valence-electron chi connectivity index (χ3n) is 3.73. The maximum absolute atomic E-state index is 12.4. The number of pyridine rings is 1. The van der Waals surface area contributed by atoms with Crippen LogP contribution < -0.4 is 10.1 Å². The van der Waals surface area contributed by atoms with Gasteiger partial charge in [-0.1, -0.05) is 12.1 Å². The van der Waals surface area contributed by atoms with Crippen LogP contribution in [0.2, 0.25) is 0 Å². The summed E-state index contributed by atoms with van der Waals surface area (Å²) < 4.78 is 5.17. The van der Waals surface area contributed by atoms with Gasteiger partial charge in [0.15, 0.2) is 0 Å². The van der Waals surface area contributed by atoms with Gasteiger partial charge in [-0.15, -0.1) is 11.3 Å². The number of nitrogens with zero attached hydrogens (tertiary/aromatic N) is 2. The molecule has 0 unspecified atom stereocenters. The van der Waals surface area contributed by atoms with Crippen molar-refractivity contribution in [1.29, 1.82) is 5.26 Å². The van der Waals surface area contributed by atoms with Crippen LogP contribution in [0.15, 0.2) is 48.8 Å². The largest absolute Gasteiger partial charge is 0.497 e. The van der Waals surface area contributed by atoms with Crippen molar-refractivity contribution >= 4 is 22.2 Å². The van der Waals surface area contributed by atoms with Gasteiger partial charge in [-0.05, 0) is 36.8 Å². The number of aryl methyl sites for hydroxylation is 1. The Morgan fingerprint density at radius 1 is 1.28 bits per heavy atom. The van der Waals surface area contributed by atoms with Gasteiger partial charge in [0, 0.05) is 22.8 Å². The summed E-state index contributed by atoms with van der Waals surface area (Å²) in [6.45, 7) is 1.94. The average Bonchev–Trinajstić information content (AvgIpc) is 2.97. The molecule has 25 heavy (non-hydrogen) atoms. The van der Waals surface area contributed by atoms with Crippen LogP contribution in [0.5, 0.6) is 5.75 Å². The van der Waals surface area contributed by atoms with E-state index in [0.717, 1.165) is 21.8 Å². The Hall–Kier alpha value is -3.17. The van der Waals surface area contributed by atoms with Crippen molar-refractivity contribution < 1.29 is 9.53 Å². The van der Waals surface area contributed by atoms with Crippen LogP contribution in [0.1, 0.15) is 20.8 Å². The van der Waals surface area contributed by atoms with Crippen molar-refractivity contribution in [3.8, 4) is 22.9 Å². The minimum atomic E-state index is -0.285. The van der Waals surface area contributed by atoms with Crippen molar-refractivity contribution in [3.63, 3.8) is 0 Å². The summed E-state index contributed by atoms with van der Waals surface area (Å²) in [7, 11) is 1.61. The molecule has 6 heteroatoms. The van der Waals surface area contributed by atoms with Crippen LogP contribution in [0, 0.1) is 18.3 Å². The molecule has 0 bridgehead atoms. The highest BCUT2D eigenvalue weighted by molar-refractivity contribution is 7.17. The quantitative estimate of drug-likeness (QED) is 0.764. The molecule has 5 nitrogen and oxygen atoms in total. The standard InChI is InChI=1S/C19H15N3O2S/c1-12-17(13-5-7-15(24-2)8-6-13)16(10-20)19(25-12)22-18(23)14-4-3-9-21-11-14/h3-9,11H,1-2H3,(H,22,23). The van der Waals surface area contributed by atoms with Gasteiger partial charge in [0.05, 0.1) is 18.2 Å². The first-order valence-electron chi connectivity index (χ1n) is 7.53. The number of benzene rings is 1. The Bertz CT molecular complexity index is 941. The summed E-state index contributed by atoms with van der Waals surface area (Å²) in [5.41, 5.74) is 2.65. The first kappa shape index (κ1) is 16.7. The molecule has 0 fully saturated rings. The van der Waals surface area contributed by atoms with Crippen LogP contribution in [0.4, 0.5) is 5.00 Å². The van der Waals surface area contributed by atoms with Gasteiger partial charge in [0.25, 0.3) is 5.91 Å². The number of carbonyl (C=O) groups excluding carboxylic acids is 1. The van der Waals surface area contributed by atoms with Gasteiger partial charge >= 0.3 is 0 Å². The number of ether oxygens (including phenoxy) is 1. The van der Waals surface area contributed by atoms with Crippen molar-refractivity contribution in [2.24, 2.45) is 0 Å². The van der Waals surface area contributed by atoms with E-state index in [1.165, 1.54) is 17.5 Å². The van der Waals surface area contributed by atoms with Gasteiger partial charge in [-0.3, -0.25) is 9.78 Å². The van der Waals surface area contributed by atoms with Crippen LogP contribution in [0.25, 0.3) is 11.1 Å². The highest BCUT2D eigenvalue weighted by Crippen LogP contribution is 2.39. The number of hydrogen-bond acceptors (Lipinski definition) is 5. The minimum Gasteiger partial charge on any atom is -0.497 e. The molecule has 3 rings (SSSR count). The highest BCUT2D eigenvalue weighted by Gasteiger charge is 2.19. The number of thiophene rings is 1. The molecule has 0 aliphatic carbocycles. The van der Waals surface area contributed by atoms with Crippen LogP contribution in [-0.2, 0) is 0 Å². The maximum Gasteiger partial charge on any atom is 0.257 e. The molecule has 0 saturated carbocycles. The number of hydrogen-bond donors (Lipinski definition) is 1. The van der Waals surface area contributed by atoms with Gasteiger partial charge in [0.1, 0.15) is 16.8 Å². The molecule has 0 aliphatic rings. The van der Waals surface area contributed by atoms with E-state index < -0.39 is 0 Å². The lowest BCUT2D eigenvalue weighted by atomic mass is 10.0. The van der Waals surface area contributed by atoms with E-state index in [0.29, 0.717) is 16.1 Å². The predicted octanol–water partition coefficient (Wildman–Crippen LogP) is 4.25. The van der Waals surface area contributed by atoms with Crippen LogP contribution in [0.3, 0.4) is 0 Å². The zero-order valence-corrected chi connectivity index (χ0v) is 14.6. The predicted molar refractivity (Wildman–Crippen MR) is 97.9 cm³/mol. The van der Waals surface area contributed by atoms with Crippen molar-refractivity contribution in [3.05, 3.63) is 64.8 Å². The highest BCUT2D eigenvalue weighted by atomic mass is 32.1. The summed E-state index contributed by atoms with van der Waals surface area (Å²) in [6, 6.07) is 13.1. The third kappa shape index (κ3) is 3.37. The zero-order chi connectivity index (χ0) is 17.8. The Morgan fingerprint density at radius 2 is 2.04 bits per heavy atom. The first-order chi connectivity index (χ1) is 12.1. The molecule has 0 radical (unpaired) electrons. The zero-order valence-electron chi connectivity index (χ0n) is 13.7. The molecule has 0 atom stereocenters. The Morgan fingerprint density at radius 3 is 2.64 bits per heavy atom. The molecule has 2 aromatic heterocycles. The Balaban J connectivity index is 1.97. The molecule has 0 spiro atoms. The number of carbonyl (C=O) groups is 1. The number of anilines is 1. The molecular weight excluding hydrogens is 334 g/mol. The third-order valence-corrected chi connectivity index (χ3v) is 4.75. The van der Waals surface area contributed by atoms with Gasteiger partial charge < -0.3 is 10.1 Å². The summed E-state index contributed by atoms with van der Waals surface area (Å²) in [6.07, 6.45) is 3.10. The molecule has 0 aliphatic heterocycles. The Labute approximate surface area is 149 Å². The van der Waals surface area contributed by atoms with Crippen molar-refractivity contribution in [2.75, 3.05) is 12.4 Å². The van der Waals surface area contributed by atoms with E-state index in [9.17, 15) is 10.1 Å². The van der Waals surface area contributed by atoms with E-state index in [4.69, 9.17) is 4.74 Å². The molecule has 1 N–H and O–H groups in total. The second kappa shape index (κ2) is 7.16. The minimum absolute atomic E-state index is 0.285. The number of methoxy groups -OCH3 is 1. The van der Waals surface area contributed by atoms with E-state index >= 15 is 0 Å². The molecule has 2 heterocycles. The lowest BCUT2D eigenvalue weighted by Crippen LogP contribution is -2.11. The smallest absolute Gasteiger partial charge is 0.257 e. The lowest BCUT2D eigenvalue weighted by molar-refractivity contribution is 0.102. The molecule has 1 amide bonds. The molecular formula is C19H15N3O2S. The summed E-state index contributed by atoms with van der Waals surface area (Å²) in [5.74, 6) is 0.465. The maximum atomic E-state index is 12.4. The lowest BCUT2D eigenvalue weighted by Gasteiger charge is -2.05. The number of amides is 1. The molecule has 124 valence electrons. The number of rotatable bonds is 4. The van der Waals surface area contributed by atoms with Crippen LogP contribution in [-0.4, -0.2) is 18.0 Å². The number of nitrogens with one attached hydrogen (secondary N) is 1. The van der Waals surface area contributed by atoms with Crippen molar-refractivity contribution in [1.82, 2.24) is 4.98 Å². The number of nitriles is 1. The molecule has 3 aromatic rings. The molecule has 0 saturated heterocycles. The summed E-state index contributed by atoms with van der Waals surface area (Å²) >= 11 is 1.39. The summed E-state index contributed by atoms with van der Waals surface area (Å²) in [4.78, 5) is 17.3. The fourth-order valence-corrected chi connectivity index (χ4v) is 3.54. The topological polar surface area (TPSA) is 75.0 Å². The van der Waals surface area contributed by atoms with E-state index in [-0.39, 0.29) is 5.91 Å². The van der Waals surface area contributed by atoms with Gasteiger partial charge in [0.2, 0.25) is 0 Å². The summed E-state index contributed by atoms with van der Waals surface area (Å²) in [5, 5.41) is 13.0. The fraction of sp³-hybridized carbons (Fsp3) is 0.105. The van der Waals surface area contributed by atoms with E-state index in [1.54, 1.807) is 25.4 Å².